The second-order valence-corrected chi connectivity index (χ2v) is 4.94. The van der Waals surface area contributed by atoms with Crippen LogP contribution in [0.3, 0.4) is 0 Å². The van der Waals surface area contributed by atoms with Gasteiger partial charge >= 0.3 is 5.97 Å². The number of carboxylic acid groups (broad SMARTS) is 1. The highest BCUT2D eigenvalue weighted by Gasteiger charge is 2.17. The number of aliphatic carboxylic acids is 1. The number of hydrogen-bond donors (Lipinski definition) is 3. The van der Waals surface area contributed by atoms with E-state index in [1.807, 2.05) is 6.92 Å². The lowest BCUT2D eigenvalue weighted by Crippen LogP contribution is -2.41. The van der Waals surface area contributed by atoms with Crippen molar-refractivity contribution in [3.8, 4) is 0 Å². The van der Waals surface area contributed by atoms with E-state index in [-0.39, 0.29) is 22.9 Å². The average Bonchev–Trinajstić information content (AvgIpc) is 2.45. The molecule has 0 aliphatic rings. The van der Waals surface area contributed by atoms with E-state index in [0.29, 0.717) is 12.8 Å². The van der Waals surface area contributed by atoms with Crippen LogP contribution in [0.2, 0.25) is 5.02 Å². The van der Waals surface area contributed by atoms with Gasteiger partial charge in [-0.25, -0.2) is 0 Å². The SMILES string of the molecule is CCCC(NCC(=O)Nc1ccc([N+](=O)[O-])cc1Cl)C(=O)O. The van der Waals surface area contributed by atoms with Crippen LogP contribution in [0.1, 0.15) is 19.8 Å². The number of rotatable bonds is 8. The minimum Gasteiger partial charge on any atom is -0.480 e. The highest BCUT2D eigenvalue weighted by molar-refractivity contribution is 6.34. The Kier molecular flexibility index (Phi) is 6.74. The number of carboxylic acids is 1. The third kappa shape index (κ3) is 5.30. The summed E-state index contributed by atoms with van der Waals surface area (Å²) in [5, 5.41) is 24.7. The standard InChI is InChI=1S/C13H16ClN3O5/c1-2-3-11(13(19)20)15-7-12(18)16-10-5-4-8(17(21)22)6-9(10)14/h4-6,11,15H,2-3,7H2,1H3,(H,16,18)(H,19,20). The van der Waals surface area contributed by atoms with Gasteiger partial charge in [-0.15, -0.1) is 0 Å². The van der Waals surface area contributed by atoms with Gasteiger partial charge in [0.15, 0.2) is 0 Å². The molecular weight excluding hydrogens is 314 g/mol. The molecule has 0 saturated heterocycles. The van der Waals surface area contributed by atoms with Crippen molar-refractivity contribution in [2.45, 2.75) is 25.8 Å². The van der Waals surface area contributed by atoms with Gasteiger partial charge in [0.2, 0.25) is 5.91 Å². The largest absolute Gasteiger partial charge is 0.480 e. The fourth-order valence-electron chi connectivity index (χ4n) is 1.73. The summed E-state index contributed by atoms with van der Waals surface area (Å²) in [6.45, 7) is 1.64. The number of anilines is 1. The van der Waals surface area contributed by atoms with Crippen molar-refractivity contribution in [2.75, 3.05) is 11.9 Å². The minimum atomic E-state index is -1.02. The van der Waals surface area contributed by atoms with Crippen LogP contribution < -0.4 is 10.6 Å². The molecule has 0 spiro atoms. The van der Waals surface area contributed by atoms with Crippen LogP contribution in [0.25, 0.3) is 0 Å². The van der Waals surface area contributed by atoms with Crippen LogP contribution in [0, 0.1) is 10.1 Å². The Balaban J connectivity index is 2.62. The summed E-state index contributed by atoms with van der Waals surface area (Å²) in [5.41, 5.74) is 0.0384. The molecule has 0 bridgehead atoms. The molecule has 0 aliphatic heterocycles. The van der Waals surface area contributed by atoms with E-state index in [1.165, 1.54) is 12.1 Å². The van der Waals surface area contributed by atoms with Crippen LogP contribution >= 0.6 is 11.6 Å². The lowest BCUT2D eigenvalue weighted by molar-refractivity contribution is -0.384. The molecule has 1 aromatic carbocycles. The van der Waals surface area contributed by atoms with Crippen LogP contribution in [-0.4, -0.2) is 34.5 Å². The minimum absolute atomic E-state index is 0.0332. The van der Waals surface area contributed by atoms with E-state index in [4.69, 9.17) is 16.7 Å². The summed E-state index contributed by atoms with van der Waals surface area (Å²) in [4.78, 5) is 32.7. The Morgan fingerprint density at radius 1 is 1.45 bits per heavy atom. The van der Waals surface area contributed by atoms with Crippen LogP contribution in [-0.2, 0) is 9.59 Å². The van der Waals surface area contributed by atoms with Crippen LogP contribution in [0.15, 0.2) is 18.2 Å². The number of nitrogens with one attached hydrogen (secondary N) is 2. The van der Waals surface area contributed by atoms with Gasteiger partial charge in [-0.05, 0) is 12.5 Å². The van der Waals surface area contributed by atoms with Gasteiger partial charge < -0.3 is 10.4 Å². The van der Waals surface area contributed by atoms with Gasteiger partial charge in [0.1, 0.15) is 6.04 Å². The van der Waals surface area contributed by atoms with E-state index in [9.17, 15) is 19.7 Å². The highest BCUT2D eigenvalue weighted by Crippen LogP contribution is 2.26. The first-order valence-electron chi connectivity index (χ1n) is 6.55. The number of non-ortho nitro benzene ring substituents is 1. The van der Waals surface area contributed by atoms with Crippen molar-refractivity contribution in [3.05, 3.63) is 33.3 Å². The smallest absolute Gasteiger partial charge is 0.320 e. The number of nitro groups is 1. The molecule has 8 nitrogen and oxygen atoms in total. The van der Waals surface area contributed by atoms with Crippen molar-refractivity contribution in [1.29, 1.82) is 0 Å². The Morgan fingerprint density at radius 3 is 2.64 bits per heavy atom. The summed E-state index contributed by atoms with van der Waals surface area (Å²) in [6, 6.07) is 2.86. The first-order valence-corrected chi connectivity index (χ1v) is 6.93. The molecule has 0 radical (unpaired) electrons. The first kappa shape index (κ1) is 17.9. The van der Waals surface area contributed by atoms with E-state index < -0.39 is 22.8 Å². The third-order valence-electron chi connectivity index (χ3n) is 2.82. The molecule has 1 rings (SSSR count). The number of nitrogens with zero attached hydrogens (tertiary/aromatic N) is 1. The summed E-state index contributed by atoms with van der Waals surface area (Å²) in [7, 11) is 0. The van der Waals surface area contributed by atoms with Gasteiger partial charge in [-0.2, -0.15) is 0 Å². The average molecular weight is 330 g/mol. The molecular formula is C13H16ClN3O5. The number of nitro benzene ring substituents is 1. The predicted octanol–water partition coefficient (Wildman–Crippen LogP) is 2.03. The molecule has 0 saturated carbocycles. The van der Waals surface area contributed by atoms with Gasteiger partial charge in [0.25, 0.3) is 5.69 Å². The van der Waals surface area contributed by atoms with Crippen molar-refractivity contribution < 1.29 is 19.6 Å². The molecule has 0 fully saturated rings. The lowest BCUT2D eigenvalue weighted by atomic mass is 10.2. The molecule has 22 heavy (non-hydrogen) atoms. The van der Waals surface area contributed by atoms with Crippen LogP contribution in [0.4, 0.5) is 11.4 Å². The molecule has 0 aromatic heterocycles. The zero-order chi connectivity index (χ0) is 16.7. The maximum atomic E-state index is 11.8. The maximum Gasteiger partial charge on any atom is 0.320 e. The fraction of sp³-hybridized carbons (Fsp3) is 0.385. The van der Waals surface area contributed by atoms with Crippen molar-refractivity contribution in [3.63, 3.8) is 0 Å². The molecule has 1 amide bonds. The fourth-order valence-corrected chi connectivity index (χ4v) is 1.95. The second kappa shape index (κ2) is 8.30. The summed E-state index contributed by atoms with van der Waals surface area (Å²) in [5.74, 6) is -1.51. The molecule has 3 N–H and O–H groups in total. The number of amides is 1. The second-order valence-electron chi connectivity index (χ2n) is 4.53. The van der Waals surface area contributed by atoms with Gasteiger partial charge in [-0.3, -0.25) is 25.0 Å². The zero-order valence-corrected chi connectivity index (χ0v) is 12.6. The normalized spacial score (nSPS) is 11.7. The number of benzene rings is 1. The van der Waals surface area contributed by atoms with Crippen molar-refractivity contribution in [2.24, 2.45) is 0 Å². The molecule has 1 aromatic rings. The number of hydrogen-bond acceptors (Lipinski definition) is 5. The molecule has 0 heterocycles. The Bertz CT molecular complexity index is 579. The highest BCUT2D eigenvalue weighted by atomic mass is 35.5. The number of carbonyl (C=O) groups is 2. The first-order chi connectivity index (χ1) is 10.3. The number of halogens is 1. The van der Waals surface area contributed by atoms with Gasteiger partial charge in [0, 0.05) is 12.1 Å². The molecule has 9 heteroatoms. The monoisotopic (exact) mass is 329 g/mol. The molecule has 0 aliphatic carbocycles. The van der Waals surface area contributed by atoms with E-state index >= 15 is 0 Å². The Hall–Kier alpha value is -2.19. The van der Waals surface area contributed by atoms with Gasteiger partial charge in [-0.1, -0.05) is 24.9 Å². The van der Waals surface area contributed by atoms with E-state index in [2.05, 4.69) is 10.6 Å². The summed E-state index contributed by atoms with van der Waals surface area (Å²) >= 11 is 5.85. The van der Waals surface area contributed by atoms with E-state index in [0.717, 1.165) is 6.07 Å². The van der Waals surface area contributed by atoms with E-state index in [1.54, 1.807) is 0 Å². The maximum absolute atomic E-state index is 11.8. The van der Waals surface area contributed by atoms with Crippen molar-refractivity contribution >= 4 is 34.9 Å². The predicted molar refractivity (Wildman–Crippen MR) is 81.1 cm³/mol. The third-order valence-corrected chi connectivity index (χ3v) is 3.13. The quantitative estimate of drug-likeness (QED) is 0.495. The van der Waals surface area contributed by atoms with Crippen LogP contribution in [0.5, 0.6) is 0 Å². The topological polar surface area (TPSA) is 122 Å². The van der Waals surface area contributed by atoms with Gasteiger partial charge in [0.05, 0.1) is 22.2 Å². The van der Waals surface area contributed by atoms with Crippen molar-refractivity contribution in [1.82, 2.24) is 5.32 Å². The molecule has 1 atom stereocenters. The lowest BCUT2D eigenvalue weighted by Gasteiger charge is -2.13. The Morgan fingerprint density at radius 2 is 2.14 bits per heavy atom. The number of carbonyl (C=O) groups excluding carboxylic acids is 1. The summed E-state index contributed by atoms with van der Waals surface area (Å²) < 4.78 is 0. The molecule has 120 valence electrons. The zero-order valence-electron chi connectivity index (χ0n) is 11.8. The Labute approximate surface area is 131 Å². The summed E-state index contributed by atoms with van der Waals surface area (Å²) in [6.07, 6.45) is 1.07. The molecule has 1 unspecified atom stereocenters.